The van der Waals surface area contributed by atoms with Crippen LogP contribution in [0.25, 0.3) is 0 Å². The van der Waals surface area contributed by atoms with Crippen molar-refractivity contribution in [1.82, 2.24) is 4.90 Å². The van der Waals surface area contributed by atoms with Gasteiger partial charge < -0.3 is 19.5 Å². The summed E-state index contributed by atoms with van der Waals surface area (Å²) in [5.41, 5.74) is 1.14. The van der Waals surface area contributed by atoms with Crippen molar-refractivity contribution in [3.8, 4) is 5.75 Å². The second kappa shape index (κ2) is 8.68. The Morgan fingerprint density at radius 3 is 2.80 bits per heavy atom. The molecule has 0 bridgehead atoms. The molecule has 1 saturated heterocycles. The normalized spacial score (nSPS) is 26.6. The van der Waals surface area contributed by atoms with Crippen LogP contribution in [0.2, 0.25) is 0 Å². The lowest BCUT2D eigenvalue weighted by Crippen LogP contribution is -2.53. The van der Waals surface area contributed by atoms with Crippen molar-refractivity contribution >= 4 is 5.91 Å². The summed E-state index contributed by atoms with van der Waals surface area (Å²) < 4.78 is 11.1. The van der Waals surface area contributed by atoms with Crippen molar-refractivity contribution in [2.45, 2.75) is 51.2 Å². The number of nitrogens with zero attached hydrogens (tertiary/aromatic N) is 1. The molecule has 0 spiro atoms. The van der Waals surface area contributed by atoms with Gasteiger partial charge in [-0.25, -0.2) is 0 Å². The molecule has 3 rings (SSSR count). The van der Waals surface area contributed by atoms with Gasteiger partial charge in [0.25, 0.3) is 0 Å². The number of hydrogen-bond acceptors (Lipinski definition) is 4. The Hall–Kier alpha value is -1.59. The minimum absolute atomic E-state index is 0.0269. The summed E-state index contributed by atoms with van der Waals surface area (Å²) in [5.74, 6) is 1.19. The zero-order valence-corrected chi connectivity index (χ0v) is 15.0. The van der Waals surface area contributed by atoms with Gasteiger partial charge in [-0.3, -0.25) is 4.79 Å². The Balaban J connectivity index is 1.57. The van der Waals surface area contributed by atoms with E-state index >= 15 is 0 Å². The first-order chi connectivity index (χ1) is 12.2. The van der Waals surface area contributed by atoms with Gasteiger partial charge in [-0.05, 0) is 43.9 Å². The third kappa shape index (κ3) is 4.53. The maximum Gasteiger partial charge on any atom is 0.223 e. The maximum atomic E-state index is 12.8. The molecule has 1 amide bonds. The third-order valence-electron chi connectivity index (χ3n) is 5.37. The number of ether oxygens (including phenoxy) is 2. The highest BCUT2D eigenvalue weighted by Crippen LogP contribution is 2.32. The maximum absolute atomic E-state index is 12.8. The molecule has 1 aliphatic heterocycles. The van der Waals surface area contributed by atoms with Crippen LogP contribution in [0.5, 0.6) is 5.75 Å². The van der Waals surface area contributed by atoms with E-state index in [1.807, 2.05) is 36.1 Å². The number of morpholine rings is 1. The molecule has 1 heterocycles. The second-order valence-electron chi connectivity index (χ2n) is 6.97. The summed E-state index contributed by atoms with van der Waals surface area (Å²) in [6, 6.07) is 7.98. The minimum Gasteiger partial charge on any atom is -0.494 e. The van der Waals surface area contributed by atoms with Crippen molar-refractivity contribution in [1.29, 1.82) is 0 Å². The standard InChI is InChI=1S/C20H29NO4/c1-2-25-16-9-6-15(7-10-16)8-11-20(23)21-12-13-24-14-18(21)17-4-3-5-19(17)22/h6-7,9-10,17-19,22H,2-5,8,11-14H2,1H3/t17-,18-,19+/m1/s1. The van der Waals surface area contributed by atoms with Gasteiger partial charge in [-0.15, -0.1) is 0 Å². The highest BCUT2D eigenvalue weighted by Gasteiger charge is 2.39. The first kappa shape index (κ1) is 18.2. The summed E-state index contributed by atoms with van der Waals surface area (Å²) in [6.07, 6.45) is 3.78. The predicted octanol–water partition coefficient (Wildman–Crippen LogP) is 2.41. The van der Waals surface area contributed by atoms with Crippen molar-refractivity contribution in [3.63, 3.8) is 0 Å². The van der Waals surface area contributed by atoms with Gasteiger partial charge >= 0.3 is 0 Å². The largest absolute Gasteiger partial charge is 0.494 e. The van der Waals surface area contributed by atoms with Crippen molar-refractivity contribution in [2.75, 3.05) is 26.4 Å². The quantitative estimate of drug-likeness (QED) is 0.858. The van der Waals surface area contributed by atoms with E-state index in [0.717, 1.165) is 37.0 Å². The van der Waals surface area contributed by atoms with E-state index < -0.39 is 0 Å². The van der Waals surface area contributed by atoms with E-state index in [1.54, 1.807) is 0 Å². The first-order valence-corrected chi connectivity index (χ1v) is 9.46. The third-order valence-corrected chi connectivity index (χ3v) is 5.37. The van der Waals surface area contributed by atoms with Crippen LogP contribution in [0.15, 0.2) is 24.3 Å². The van der Waals surface area contributed by atoms with Crippen molar-refractivity contribution in [2.24, 2.45) is 5.92 Å². The van der Waals surface area contributed by atoms with E-state index in [9.17, 15) is 9.90 Å². The van der Waals surface area contributed by atoms with E-state index in [2.05, 4.69) is 0 Å². The van der Waals surface area contributed by atoms with Crippen LogP contribution in [0, 0.1) is 5.92 Å². The fourth-order valence-corrected chi connectivity index (χ4v) is 4.02. The topological polar surface area (TPSA) is 59.0 Å². The minimum atomic E-state index is -0.298. The molecule has 0 radical (unpaired) electrons. The molecule has 2 fully saturated rings. The van der Waals surface area contributed by atoms with Gasteiger partial charge in [0.2, 0.25) is 5.91 Å². The van der Waals surface area contributed by atoms with Crippen LogP contribution in [-0.4, -0.2) is 54.4 Å². The summed E-state index contributed by atoms with van der Waals surface area (Å²) in [7, 11) is 0. The zero-order chi connectivity index (χ0) is 17.6. The fourth-order valence-electron chi connectivity index (χ4n) is 4.02. The molecule has 2 aliphatic rings. The summed E-state index contributed by atoms with van der Waals surface area (Å²) in [5, 5.41) is 10.2. The van der Waals surface area contributed by atoms with Gasteiger partial charge in [0, 0.05) is 18.9 Å². The lowest BCUT2D eigenvalue weighted by molar-refractivity contribution is -0.143. The Labute approximate surface area is 149 Å². The summed E-state index contributed by atoms with van der Waals surface area (Å²) >= 11 is 0. The molecule has 0 unspecified atom stereocenters. The van der Waals surface area contributed by atoms with Crippen LogP contribution >= 0.6 is 0 Å². The average molecular weight is 347 g/mol. The molecule has 5 heteroatoms. The Morgan fingerprint density at radius 2 is 2.12 bits per heavy atom. The highest BCUT2D eigenvalue weighted by molar-refractivity contribution is 5.77. The molecule has 3 atom stereocenters. The average Bonchev–Trinajstić information content (AvgIpc) is 3.07. The van der Waals surface area contributed by atoms with Crippen molar-refractivity contribution < 1.29 is 19.4 Å². The molecule has 1 N–H and O–H groups in total. The number of aliphatic hydroxyl groups excluding tert-OH is 1. The van der Waals surface area contributed by atoms with Crippen LogP contribution in [-0.2, 0) is 16.0 Å². The second-order valence-corrected chi connectivity index (χ2v) is 6.97. The molecule has 138 valence electrons. The Kier molecular flexibility index (Phi) is 6.32. The number of carbonyl (C=O) groups is 1. The summed E-state index contributed by atoms with van der Waals surface area (Å²) in [4.78, 5) is 14.7. The van der Waals surface area contributed by atoms with Crippen LogP contribution in [0.1, 0.15) is 38.2 Å². The van der Waals surface area contributed by atoms with Gasteiger partial charge in [-0.1, -0.05) is 18.6 Å². The van der Waals surface area contributed by atoms with E-state index in [0.29, 0.717) is 32.8 Å². The smallest absolute Gasteiger partial charge is 0.223 e. The van der Waals surface area contributed by atoms with Gasteiger partial charge in [0.1, 0.15) is 5.75 Å². The highest BCUT2D eigenvalue weighted by atomic mass is 16.5. The number of aryl methyl sites for hydroxylation is 1. The molecular weight excluding hydrogens is 318 g/mol. The SMILES string of the molecule is CCOc1ccc(CCC(=O)N2CCOC[C@@H]2[C@H]2CCC[C@@H]2O)cc1. The molecule has 0 aromatic heterocycles. The van der Waals surface area contributed by atoms with Crippen LogP contribution < -0.4 is 4.74 Å². The molecule has 5 nitrogen and oxygen atoms in total. The number of amides is 1. The van der Waals surface area contributed by atoms with Crippen LogP contribution in [0.3, 0.4) is 0 Å². The lowest BCUT2D eigenvalue weighted by Gasteiger charge is -2.40. The number of carbonyl (C=O) groups excluding carboxylic acids is 1. The first-order valence-electron chi connectivity index (χ1n) is 9.46. The fraction of sp³-hybridized carbons (Fsp3) is 0.650. The Morgan fingerprint density at radius 1 is 1.32 bits per heavy atom. The molecule has 1 aromatic carbocycles. The molecule has 1 saturated carbocycles. The van der Waals surface area contributed by atoms with Gasteiger partial charge in [0.05, 0.1) is 32.0 Å². The van der Waals surface area contributed by atoms with Crippen LogP contribution in [0.4, 0.5) is 0 Å². The number of rotatable bonds is 6. The van der Waals surface area contributed by atoms with Crippen molar-refractivity contribution in [3.05, 3.63) is 29.8 Å². The molecule has 25 heavy (non-hydrogen) atoms. The van der Waals surface area contributed by atoms with E-state index in [1.165, 1.54) is 0 Å². The van der Waals surface area contributed by atoms with Gasteiger partial charge in [-0.2, -0.15) is 0 Å². The Bertz CT molecular complexity index is 559. The molecule has 1 aliphatic carbocycles. The zero-order valence-electron chi connectivity index (χ0n) is 15.0. The number of hydrogen-bond donors (Lipinski definition) is 1. The molecular formula is C20H29NO4. The monoisotopic (exact) mass is 347 g/mol. The van der Waals surface area contributed by atoms with E-state index in [-0.39, 0.29) is 24.0 Å². The predicted molar refractivity (Wildman–Crippen MR) is 95.6 cm³/mol. The molecule has 1 aromatic rings. The van der Waals surface area contributed by atoms with Gasteiger partial charge in [0.15, 0.2) is 0 Å². The number of benzene rings is 1. The van der Waals surface area contributed by atoms with E-state index in [4.69, 9.17) is 9.47 Å². The lowest BCUT2D eigenvalue weighted by atomic mass is 9.93. The number of aliphatic hydroxyl groups is 1. The summed E-state index contributed by atoms with van der Waals surface area (Å²) in [6.45, 7) is 4.40.